The van der Waals surface area contributed by atoms with Crippen LogP contribution in [-0.4, -0.2) is 62.3 Å². The van der Waals surface area contributed by atoms with Crippen LogP contribution >= 0.6 is 0 Å². The molecule has 3 aliphatic heterocycles. The lowest BCUT2D eigenvalue weighted by molar-refractivity contribution is -0.136. The summed E-state index contributed by atoms with van der Waals surface area (Å²) in [6.07, 6.45) is 4.32. The Balaban J connectivity index is 1.36. The van der Waals surface area contributed by atoms with Gasteiger partial charge in [-0.25, -0.2) is 4.39 Å². The topological polar surface area (TPSA) is 103 Å². The molecule has 1 aromatic heterocycles. The van der Waals surface area contributed by atoms with Gasteiger partial charge in [-0.3, -0.25) is 29.6 Å². The molecular formula is C26H29FN4O4. The average Bonchev–Trinajstić information content (AvgIpc) is 3.03. The second kappa shape index (κ2) is 9.13. The SMILES string of the molecule is CC1(O)CCCN(Cc2ccnc(-c3ccc4c(c3)CN(C3CCC(=O)NC3=O)C4=O)c2F)CC1. The second-order valence-corrected chi connectivity index (χ2v) is 10.0. The number of benzene rings is 1. The Morgan fingerprint density at radius 1 is 1.20 bits per heavy atom. The number of halogens is 1. The molecule has 184 valence electrons. The van der Waals surface area contributed by atoms with Crippen LogP contribution in [0.4, 0.5) is 4.39 Å². The number of rotatable bonds is 4. The molecule has 2 aromatic rings. The molecule has 0 radical (unpaired) electrons. The normalized spacial score (nSPS) is 25.4. The minimum Gasteiger partial charge on any atom is -0.390 e. The van der Waals surface area contributed by atoms with E-state index in [1.54, 1.807) is 30.5 Å². The van der Waals surface area contributed by atoms with Crippen molar-refractivity contribution >= 4 is 17.7 Å². The van der Waals surface area contributed by atoms with E-state index < -0.39 is 23.4 Å². The number of likely N-dealkylation sites (tertiary alicyclic amines) is 1. The fraction of sp³-hybridized carbons (Fsp3) is 0.462. The second-order valence-electron chi connectivity index (χ2n) is 10.0. The molecule has 0 bridgehead atoms. The van der Waals surface area contributed by atoms with Gasteiger partial charge in [0, 0.05) is 48.9 Å². The van der Waals surface area contributed by atoms with Crippen LogP contribution in [0.2, 0.25) is 0 Å². The molecular weight excluding hydrogens is 451 g/mol. The molecule has 2 unspecified atom stereocenters. The van der Waals surface area contributed by atoms with Crippen LogP contribution in [0.25, 0.3) is 11.3 Å². The predicted molar refractivity (Wildman–Crippen MR) is 125 cm³/mol. The lowest BCUT2D eigenvalue weighted by Crippen LogP contribution is -2.52. The molecule has 9 heteroatoms. The minimum atomic E-state index is -0.691. The third kappa shape index (κ3) is 4.70. The van der Waals surface area contributed by atoms with Crippen molar-refractivity contribution in [1.82, 2.24) is 20.1 Å². The molecule has 0 spiro atoms. The molecule has 2 saturated heterocycles. The number of imide groups is 1. The smallest absolute Gasteiger partial charge is 0.255 e. The van der Waals surface area contributed by atoms with Crippen molar-refractivity contribution in [3.05, 3.63) is 53.0 Å². The first-order chi connectivity index (χ1) is 16.7. The number of nitrogens with zero attached hydrogens (tertiary/aromatic N) is 3. The van der Waals surface area contributed by atoms with Crippen LogP contribution < -0.4 is 5.32 Å². The zero-order chi connectivity index (χ0) is 24.7. The summed E-state index contributed by atoms with van der Waals surface area (Å²) >= 11 is 0. The molecule has 0 aliphatic carbocycles. The summed E-state index contributed by atoms with van der Waals surface area (Å²) in [6.45, 7) is 4.00. The summed E-state index contributed by atoms with van der Waals surface area (Å²) in [5.74, 6) is -1.45. The van der Waals surface area contributed by atoms with Gasteiger partial charge >= 0.3 is 0 Å². The van der Waals surface area contributed by atoms with Gasteiger partial charge in [0.05, 0.1) is 5.60 Å². The van der Waals surface area contributed by atoms with E-state index in [1.165, 1.54) is 4.90 Å². The number of aromatic nitrogens is 1. The third-order valence-electron chi connectivity index (χ3n) is 7.32. The van der Waals surface area contributed by atoms with E-state index in [9.17, 15) is 19.5 Å². The Hall–Kier alpha value is -3.17. The Kier molecular flexibility index (Phi) is 6.14. The van der Waals surface area contributed by atoms with E-state index >= 15 is 4.39 Å². The lowest BCUT2D eigenvalue weighted by Gasteiger charge is -2.29. The predicted octanol–water partition coefficient (Wildman–Crippen LogP) is 2.39. The van der Waals surface area contributed by atoms with Gasteiger partial charge in [0.2, 0.25) is 11.8 Å². The van der Waals surface area contributed by atoms with Gasteiger partial charge < -0.3 is 10.0 Å². The maximum absolute atomic E-state index is 15.6. The summed E-state index contributed by atoms with van der Waals surface area (Å²) in [6, 6.07) is 6.09. The van der Waals surface area contributed by atoms with Crippen molar-refractivity contribution < 1.29 is 23.9 Å². The highest BCUT2D eigenvalue weighted by Gasteiger charge is 2.39. The third-order valence-corrected chi connectivity index (χ3v) is 7.32. The summed E-state index contributed by atoms with van der Waals surface area (Å²) in [5.41, 5.74) is 1.84. The van der Waals surface area contributed by atoms with Crippen molar-refractivity contribution in [2.45, 2.75) is 63.8 Å². The van der Waals surface area contributed by atoms with Crippen molar-refractivity contribution in [3.8, 4) is 11.3 Å². The van der Waals surface area contributed by atoms with E-state index in [4.69, 9.17) is 0 Å². The van der Waals surface area contributed by atoms with Gasteiger partial charge in [0.15, 0.2) is 5.82 Å². The van der Waals surface area contributed by atoms with E-state index in [-0.39, 0.29) is 30.5 Å². The molecule has 2 fully saturated rings. The molecule has 2 N–H and O–H groups in total. The summed E-state index contributed by atoms with van der Waals surface area (Å²) in [5, 5.41) is 12.6. The van der Waals surface area contributed by atoms with Crippen LogP contribution in [0.5, 0.6) is 0 Å². The number of carbonyl (C=O) groups is 3. The average molecular weight is 481 g/mol. The molecule has 1 aromatic carbocycles. The monoisotopic (exact) mass is 480 g/mol. The largest absolute Gasteiger partial charge is 0.390 e. The first-order valence-electron chi connectivity index (χ1n) is 12.1. The molecule has 35 heavy (non-hydrogen) atoms. The standard InChI is InChI=1S/C26H29FN4O4/c1-26(35)8-2-11-30(12-9-26)14-17-7-10-28-23(22(17)27)16-3-4-19-18(13-16)15-31(25(19)34)20-5-6-21(32)29-24(20)33/h3-4,7,10,13,20,35H,2,5-6,8-9,11-12,14-15H2,1H3,(H,29,32,33). The van der Waals surface area contributed by atoms with Gasteiger partial charge in [0.1, 0.15) is 11.7 Å². The minimum absolute atomic E-state index is 0.193. The zero-order valence-electron chi connectivity index (χ0n) is 19.7. The number of hydrogen-bond donors (Lipinski definition) is 2. The van der Waals surface area contributed by atoms with Crippen LogP contribution in [-0.2, 0) is 22.7 Å². The highest BCUT2D eigenvalue weighted by molar-refractivity contribution is 6.05. The van der Waals surface area contributed by atoms with Crippen LogP contribution in [0, 0.1) is 5.82 Å². The quantitative estimate of drug-likeness (QED) is 0.652. The van der Waals surface area contributed by atoms with Crippen molar-refractivity contribution in [2.24, 2.45) is 0 Å². The van der Waals surface area contributed by atoms with Gasteiger partial charge in [-0.05, 0) is 62.9 Å². The molecule has 3 aliphatic rings. The van der Waals surface area contributed by atoms with Crippen LogP contribution in [0.15, 0.2) is 30.5 Å². The highest BCUT2D eigenvalue weighted by Crippen LogP contribution is 2.32. The summed E-state index contributed by atoms with van der Waals surface area (Å²) in [4.78, 5) is 44.6. The van der Waals surface area contributed by atoms with E-state index in [2.05, 4.69) is 15.2 Å². The maximum atomic E-state index is 15.6. The fourth-order valence-electron chi connectivity index (χ4n) is 5.25. The Labute approximate surface area is 203 Å². The number of aliphatic hydroxyl groups is 1. The molecule has 0 saturated carbocycles. The Morgan fingerprint density at radius 2 is 2.03 bits per heavy atom. The number of hydrogen-bond acceptors (Lipinski definition) is 6. The molecule has 3 amide bonds. The number of amides is 3. The van der Waals surface area contributed by atoms with Gasteiger partial charge in [-0.1, -0.05) is 6.07 Å². The molecule has 5 rings (SSSR count). The summed E-state index contributed by atoms with van der Waals surface area (Å²) < 4.78 is 15.6. The first-order valence-corrected chi connectivity index (χ1v) is 12.1. The van der Waals surface area contributed by atoms with Crippen LogP contribution in [0.1, 0.15) is 60.5 Å². The number of nitrogens with one attached hydrogen (secondary N) is 1. The Morgan fingerprint density at radius 3 is 2.83 bits per heavy atom. The van der Waals surface area contributed by atoms with Crippen LogP contribution in [0.3, 0.4) is 0 Å². The van der Waals surface area contributed by atoms with Crippen molar-refractivity contribution in [3.63, 3.8) is 0 Å². The number of fused-ring (bicyclic) bond motifs is 1. The number of piperidine rings is 1. The highest BCUT2D eigenvalue weighted by atomic mass is 19.1. The van der Waals surface area contributed by atoms with Crippen molar-refractivity contribution in [2.75, 3.05) is 13.1 Å². The lowest BCUT2D eigenvalue weighted by atomic mass is 9.98. The van der Waals surface area contributed by atoms with E-state index in [1.807, 2.05) is 6.92 Å². The van der Waals surface area contributed by atoms with Gasteiger partial charge in [-0.2, -0.15) is 0 Å². The fourth-order valence-corrected chi connectivity index (χ4v) is 5.25. The maximum Gasteiger partial charge on any atom is 0.255 e. The zero-order valence-corrected chi connectivity index (χ0v) is 19.7. The number of carbonyl (C=O) groups excluding carboxylic acids is 3. The Bertz CT molecular complexity index is 1200. The number of pyridine rings is 1. The molecule has 8 nitrogen and oxygen atoms in total. The molecule has 4 heterocycles. The molecule has 2 atom stereocenters. The first kappa shape index (κ1) is 23.6. The van der Waals surface area contributed by atoms with Crippen molar-refractivity contribution in [1.29, 1.82) is 0 Å². The van der Waals surface area contributed by atoms with Gasteiger partial charge in [0.25, 0.3) is 5.91 Å². The van der Waals surface area contributed by atoms with E-state index in [0.717, 1.165) is 19.4 Å². The van der Waals surface area contributed by atoms with E-state index in [0.29, 0.717) is 48.2 Å². The summed E-state index contributed by atoms with van der Waals surface area (Å²) in [7, 11) is 0. The van der Waals surface area contributed by atoms with Gasteiger partial charge in [-0.15, -0.1) is 0 Å².